The third-order valence-electron chi connectivity index (χ3n) is 4.99. The molecule has 0 aliphatic carbocycles. The van der Waals surface area contributed by atoms with Gasteiger partial charge in [0.2, 0.25) is 5.91 Å². The van der Waals surface area contributed by atoms with Gasteiger partial charge in [-0.1, -0.05) is 12.1 Å². The molecular formula is C18H22F3N3O4. The molecule has 2 N–H and O–H groups in total. The number of ether oxygens (including phenoxy) is 2. The number of rotatable bonds is 3. The van der Waals surface area contributed by atoms with Crippen LogP contribution in [0, 0.1) is 5.92 Å². The summed E-state index contributed by atoms with van der Waals surface area (Å²) in [5.41, 5.74) is 6.21. The highest BCUT2D eigenvalue weighted by Gasteiger charge is 2.36. The number of piperidine rings is 1. The van der Waals surface area contributed by atoms with E-state index in [9.17, 15) is 22.8 Å². The molecule has 3 amide bonds. The summed E-state index contributed by atoms with van der Waals surface area (Å²) < 4.78 is 46.1. The highest BCUT2D eigenvalue weighted by atomic mass is 19.4. The molecule has 2 fully saturated rings. The summed E-state index contributed by atoms with van der Waals surface area (Å²) in [4.78, 5) is 27.9. The molecule has 10 heteroatoms. The maximum absolute atomic E-state index is 12.8. The summed E-state index contributed by atoms with van der Waals surface area (Å²) in [6.45, 7) is 2.47. The Morgan fingerprint density at radius 3 is 2.29 bits per heavy atom. The lowest BCUT2D eigenvalue weighted by Gasteiger charge is -2.40. The van der Waals surface area contributed by atoms with Crippen molar-refractivity contribution in [1.82, 2.24) is 9.80 Å². The monoisotopic (exact) mass is 401 g/mol. The maximum Gasteiger partial charge on any atom is 0.573 e. The molecule has 0 spiro atoms. The minimum Gasteiger partial charge on any atom is -0.406 e. The van der Waals surface area contributed by atoms with Gasteiger partial charge < -0.3 is 25.0 Å². The fourth-order valence-corrected chi connectivity index (χ4v) is 3.60. The van der Waals surface area contributed by atoms with Crippen molar-refractivity contribution in [2.45, 2.75) is 18.7 Å². The molecule has 1 aromatic carbocycles. The summed E-state index contributed by atoms with van der Waals surface area (Å²) >= 11 is 0. The number of likely N-dealkylation sites (tertiary alicyclic amines) is 1. The van der Waals surface area contributed by atoms with Gasteiger partial charge in [0.05, 0.1) is 19.1 Å². The van der Waals surface area contributed by atoms with Crippen LogP contribution in [0.4, 0.5) is 18.0 Å². The second-order valence-corrected chi connectivity index (χ2v) is 6.94. The zero-order valence-corrected chi connectivity index (χ0v) is 15.2. The van der Waals surface area contributed by atoms with E-state index in [1.807, 2.05) is 0 Å². The van der Waals surface area contributed by atoms with Crippen LogP contribution in [0.5, 0.6) is 5.75 Å². The Bertz CT molecular complexity index is 705. The van der Waals surface area contributed by atoms with E-state index in [2.05, 4.69) is 4.74 Å². The van der Waals surface area contributed by atoms with E-state index >= 15 is 0 Å². The summed E-state index contributed by atoms with van der Waals surface area (Å²) in [7, 11) is 0. The van der Waals surface area contributed by atoms with Crippen molar-refractivity contribution in [3.63, 3.8) is 0 Å². The van der Waals surface area contributed by atoms with Gasteiger partial charge in [-0.25, -0.2) is 4.79 Å². The van der Waals surface area contributed by atoms with E-state index in [1.54, 1.807) is 9.80 Å². The Morgan fingerprint density at radius 2 is 1.71 bits per heavy atom. The average molecular weight is 401 g/mol. The van der Waals surface area contributed by atoms with Gasteiger partial charge in [-0.15, -0.1) is 13.2 Å². The Balaban J connectivity index is 1.74. The fourth-order valence-electron chi connectivity index (χ4n) is 3.60. The Morgan fingerprint density at radius 1 is 1.07 bits per heavy atom. The molecule has 154 valence electrons. The largest absolute Gasteiger partial charge is 0.573 e. The molecule has 2 unspecified atom stereocenters. The molecular weight excluding hydrogens is 379 g/mol. The first kappa shape index (κ1) is 20.2. The first-order valence-electron chi connectivity index (χ1n) is 8.99. The third kappa shape index (κ3) is 5.06. The summed E-state index contributed by atoms with van der Waals surface area (Å²) in [5.74, 6) is -1.55. The highest BCUT2D eigenvalue weighted by Crippen LogP contribution is 2.32. The van der Waals surface area contributed by atoms with Gasteiger partial charge >= 0.3 is 12.4 Å². The first-order valence-corrected chi connectivity index (χ1v) is 8.99. The molecule has 3 rings (SSSR count). The molecule has 0 bridgehead atoms. The lowest BCUT2D eigenvalue weighted by atomic mass is 9.84. The van der Waals surface area contributed by atoms with Crippen molar-refractivity contribution in [3.05, 3.63) is 29.8 Å². The predicted octanol–water partition coefficient (Wildman–Crippen LogP) is 1.93. The number of alkyl halides is 3. The van der Waals surface area contributed by atoms with Crippen LogP contribution in [0.15, 0.2) is 24.3 Å². The second kappa shape index (κ2) is 8.26. The summed E-state index contributed by atoms with van der Waals surface area (Å²) in [6, 6.07) is 5.31. The smallest absolute Gasteiger partial charge is 0.406 e. The summed E-state index contributed by atoms with van der Waals surface area (Å²) in [5, 5.41) is 0. The average Bonchev–Trinajstić information content (AvgIpc) is 2.67. The number of hydrogen-bond donors (Lipinski definition) is 1. The van der Waals surface area contributed by atoms with Gasteiger partial charge in [-0.3, -0.25) is 4.79 Å². The van der Waals surface area contributed by atoms with Gasteiger partial charge in [0, 0.05) is 32.1 Å². The molecule has 0 aromatic heterocycles. The third-order valence-corrected chi connectivity index (χ3v) is 4.99. The van der Waals surface area contributed by atoms with Gasteiger partial charge in [0.15, 0.2) is 0 Å². The normalized spacial score (nSPS) is 23.4. The van der Waals surface area contributed by atoms with Crippen LogP contribution in [0.2, 0.25) is 0 Å². The molecule has 2 aliphatic rings. The molecule has 2 atom stereocenters. The van der Waals surface area contributed by atoms with Crippen molar-refractivity contribution in [2.24, 2.45) is 11.7 Å². The van der Waals surface area contributed by atoms with Crippen LogP contribution in [-0.2, 0) is 9.53 Å². The minimum absolute atomic E-state index is 0.184. The van der Waals surface area contributed by atoms with Gasteiger partial charge in [-0.2, -0.15) is 0 Å². The van der Waals surface area contributed by atoms with Crippen LogP contribution in [0.3, 0.4) is 0 Å². The molecule has 0 saturated carbocycles. The number of benzene rings is 1. The van der Waals surface area contributed by atoms with Gasteiger partial charge in [0.1, 0.15) is 5.75 Å². The molecule has 2 heterocycles. The second-order valence-electron chi connectivity index (χ2n) is 6.94. The number of nitrogens with two attached hydrogens (primary N) is 1. The van der Waals surface area contributed by atoms with E-state index in [0.29, 0.717) is 39.3 Å². The molecule has 2 aliphatic heterocycles. The summed E-state index contributed by atoms with van der Waals surface area (Å²) in [6.07, 6.45) is -4.33. The lowest BCUT2D eigenvalue weighted by molar-refractivity contribution is -0.274. The van der Waals surface area contributed by atoms with Crippen LogP contribution in [-0.4, -0.2) is 67.5 Å². The number of hydrogen-bond acceptors (Lipinski definition) is 4. The molecule has 7 nitrogen and oxygen atoms in total. The number of carbonyl (C=O) groups is 2. The van der Waals surface area contributed by atoms with Crippen LogP contribution < -0.4 is 10.5 Å². The number of morpholine rings is 1. The first-order chi connectivity index (χ1) is 13.2. The Hall–Kier alpha value is -2.49. The lowest BCUT2D eigenvalue weighted by Crippen LogP contribution is -2.53. The van der Waals surface area contributed by atoms with E-state index in [0.717, 1.165) is 5.56 Å². The van der Waals surface area contributed by atoms with Crippen LogP contribution in [0.1, 0.15) is 17.9 Å². The fraction of sp³-hybridized carbons (Fsp3) is 0.556. The van der Waals surface area contributed by atoms with Gasteiger partial charge in [-0.05, 0) is 24.1 Å². The van der Waals surface area contributed by atoms with E-state index < -0.39 is 18.2 Å². The molecule has 1 aromatic rings. The Labute approximate surface area is 160 Å². The van der Waals surface area contributed by atoms with Crippen molar-refractivity contribution in [3.8, 4) is 5.75 Å². The van der Waals surface area contributed by atoms with E-state index in [1.165, 1.54) is 24.3 Å². The maximum atomic E-state index is 12.8. The van der Waals surface area contributed by atoms with Crippen LogP contribution in [0.25, 0.3) is 0 Å². The molecule has 2 saturated heterocycles. The zero-order valence-electron chi connectivity index (χ0n) is 15.2. The highest BCUT2D eigenvalue weighted by molar-refractivity contribution is 5.80. The van der Waals surface area contributed by atoms with E-state index in [-0.39, 0.29) is 24.2 Å². The van der Waals surface area contributed by atoms with Crippen molar-refractivity contribution >= 4 is 11.9 Å². The SMILES string of the molecule is NC(=O)C1CC(c2ccc(OC(F)(F)F)cc2)CN(C(=O)N2CCOCC2)C1. The Kier molecular flexibility index (Phi) is 5.97. The number of nitrogens with zero attached hydrogens (tertiary/aromatic N) is 2. The number of urea groups is 1. The van der Waals surface area contributed by atoms with Gasteiger partial charge in [0.25, 0.3) is 0 Å². The van der Waals surface area contributed by atoms with E-state index in [4.69, 9.17) is 10.5 Å². The predicted molar refractivity (Wildman–Crippen MR) is 92.5 cm³/mol. The number of carbonyl (C=O) groups excluding carboxylic acids is 2. The minimum atomic E-state index is -4.76. The molecule has 28 heavy (non-hydrogen) atoms. The van der Waals surface area contributed by atoms with Crippen molar-refractivity contribution < 1.29 is 32.2 Å². The zero-order chi connectivity index (χ0) is 20.3. The number of amides is 3. The quantitative estimate of drug-likeness (QED) is 0.839. The topological polar surface area (TPSA) is 85.1 Å². The van der Waals surface area contributed by atoms with Crippen LogP contribution >= 0.6 is 0 Å². The standard InChI is InChI=1S/C18H22F3N3O4/c19-18(20,21)28-15-3-1-12(2-4-15)13-9-14(16(22)25)11-24(10-13)17(26)23-5-7-27-8-6-23/h1-4,13-14H,5-11H2,(H2,22,25). The molecule has 0 radical (unpaired) electrons. The number of halogens is 3. The van der Waals surface area contributed by atoms with Crippen molar-refractivity contribution in [2.75, 3.05) is 39.4 Å². The van der Waals surface area contributed by atoms with Crippen molar-refractivity contribution in [1.29, 1.82) is 0 Å². The number of primary amides is 1.